The van der Waals surface area contributed by atoms with Crippen molar-refractivity contribution in [1.82, 2.24) is 9.55 Å². The summed E-state index contributed by atoms with van der Waals surface area (Å²) in [6.45, 7) is 3.43. The van der Waals surface area contributed by atoms with E-state index < -0.39 is 0 Å². The number of nitrogens with zero attached hydrogens (tertiary/aromatic N) is 2. The largest absolute Gasteiger partial charge is 0.365 e. The van der Waals surface area contributed by atoms with Crippen molar-refractivity contribution < 1.29 is 0 Å². The average Bonchev–Trinajstić information content (AvgIpc) is 2.26. The molecule has 0 aliphatic carbocycles. The van der Waals surface area contributed by atoms with Gasteiger partial charge in [0, 0.05) is 25.5 Å². The average molecular weight is 227 g/mol. The van der Waals surface area contributed by atoms with Crippen LogP contribution in [0.15, 0.2) is 17.2 Å². The summed E-state index contributed by atoms with van der Waals surface area (Å²) in [4.78, 5) is 15.7. The third-order valence-electron chi connectivity index (χ3n) is 2.07. The van der Waals surface area contributed by atoms with E-state index in [1.807, 2.05) is 6.92 Å². The molecule has 1 rings (SSSR count). The van der Waals surface area contributed by atoms with Crippen LogP contribution in [0.5, 0.6) is 0 Å². The summed E-state index contributed by atoms with van der Waals surface area (Å²) in [5.74, 6) is 1.56. The molecule has 4 nitrogen and oxygen atoms in total. The summed E-state index contributed by atoms with van der Waals surface area (Å²) in [7, 11) is 0. The number of thioether (sulfide) groups is 1. The second-order valence-corrected chi connectivity index (χ2v) is 4.13. The first-order chi connectivity index (χ1) is 7.29. The van der Waals surface area contributed by atoms with Crippen LogP contribution >= 0.6 is 11.8 Å². The van der Waals surface area contributed by atoms with Crippen molar-refractivity contribution in [1.29, 1.82) is 0 Å². The van der Waals surface area contributed by atoms with Gasteiger partial charge in [0.1, 0.15) is 0 Å². The Hall–Kier alpha value is -0.970. The van der Waals surface area contributed by atoms with E-state index >= 15 is 0 Å². The van der Waals surface area contributed by atoms with Gasteiger partial charge in [-0.25, -0.2) is 4.98 Å². The predicted molar refractivity (Wildman–Crippen MR) is 65.7 cm³/mol. The van der Waals surface area contributed by atoms with Gasteiger partial charge in [-0.05, 0) is 25.4 Å². The van der Waals surface area contributed by atoms with Crippen molar-refractivity contribution >= 4 is 17.6 Å². The lowest BCUT2D eigenvalue weighted by Gasteiger charge is -2.06. The molecule has 0 bridgehead atoms. The van der Waals surface area contributed by atoms with E-state index in [4.69, 9.17) is 0 Å². The lowest BCUT2D eigenvalue weighted by molar-refractivity contribution is 0.718. The third kappa shape index (κ3) is 3.58. The van der Waals surface area contributed by atoms with Crippen molar-refractivity contribution in [3.8, 4) is 0 Å². The Balaban J connectivity index is 2.57. The highest BCUT2D eigenvalue weighted by atomic mass is 32.2. The smallest absolute Gasteiger partial charge is 0.293 e. The van der Waals surface area contributed by atoms with E-state index in [1.54, 1.807) is 28.7 Å². The summed E-state index contributed by atoms with van der Waals surface area (Å²) in [5, 5.41) is 3.06. The van der Waals surface area contributed by atoms with Crippen LogP contribution in [0.2, 0.25) is 0 Å². The topological polar surface area (TPSA) is 46.9 Å². The molecule has 0 aliphatic heterocycles. The van der Waals surface area contributed by atoms with E-state index in [0.717, 1.165) is 18.7 Å². The molecule has 0 radical (unpaired) electrons. The van der Waals surface area contributed by atoms with Gasteiger partial charge in [0.2, 0.25) is 0 Å². The summed E-state index contributed by atoms with van der Waals surface area (Å²) in [6, 6.07) is 0. The molecule has 1 aromatic rings. The fourth-order valence-electron chi connectivity index (χ4n) is 1.24. The van der Waals surface area contributed by atoms with Gasteiger partial charge in [0.15, 0.2) is 5.82 Å². The minimum absolute atomic E-state index is 0.0378. The molecule has 0 fully saturated rings. The Labute approximate surface area is 94.1 Å². The second-order valence-electron chi connectivity index (χ2n) is 3.14. The summed E-state index contributed by atoms with van der Waals surface area (Å²) >= 11 is 1.80. The van der Waals surface area contributed by atoms with Crippen molar-refractivity contribution in [2.75, 3.05) is 23.9 Å². The number of hydrogen-bond acceptors (Lipinski definition) is 4. The monoisotopic (exact) mass is 227 g/mol. The van der Waals surface area contributed by atoms with Gasteiger partial charge in [0.25, 0.3) is 5.56 Å². The molecule has 0 amide bonds. The highest BCUT2D eigenvalue weighted by Crippen LogP contribution is 1.97. The van der Waals surface area contributed by atoms with Crippen LogP contribution in [0.4, 0.5) is 5.82 Å². The minimum atomic E-state index is -0.0378. The molecule has 0 saturated heterocycles. The highest BCUT2D eigenvalue weighted by molar-refractivity contribution is 7.98. The fourth-order valence-corrected chi connectivity index (χ4v) is 1.67. The zero-order chi connectivity index (χ0) is 11.1. The Kier molecular flexibility index (Phi) is 5.25. The van der Waals surface area contributed by atoms with Crippen LogP contribution in [0.25, 0.3) is 0 Å². The van der Waals surface area contributed by atoms with Gasteiger partial charge in [-0.2, -0.15) is 11.8 Å². The molecular weight excluding hydrogens is 210 g/mol. The summed E-state index contributed by atoms with van der Waals surface area (Å²) in [6.07, 6.45) is 6.48. The quantitative estimate of drug-likeness (QED) is 0.747. The van der Waals surface area contributed by atoms with Crippen molar-refractivity contribution in [3.63, 3.8) is 0 Å². The van der Waals surface area contributed by atoms with Gasteiger partial charge in [0.05, 0.1) is 0 Å². The molecule has 1 N–H and O–H groups in total. The molecule has 0 saturated carbocycles. The third-order valence-corrected chi connectivity index (χ3v) is 2.77. The van der Waals surface area contributed by atoms with Crippen LogP contribution in [0, 0.1) is 0 Å². The Morgan fingerprint density at radius 2 is 2.40 bits per heavy atom. The van der Waals surface area contributed by atoms with E-state index in [-0.39, 0.29) is 5.56 Å². The molecular formula is C10H17N3OS. The van der Waals surface area contributed by atoms with Crippen LogP contribution in [0.3, 0.4) is 0 Å². The maximum Gasteiger partial charge on any atom is 0.293 e. The second kappa shape index (κ2) is 6.50. The number of aromatic nitrogens is 2. The standard InChI is InChI=1S/C10H17N3OS/c1-3-13-7-6-12-9(10(13)14)11-5-4-8-15-2/h6-7H,3-5,8H2,1-2H3,(H,11,12). The van der Waals surface area contributed by atoms with E-state index in [2.05, 4.69) is 16.6 Å². The normalized spacial score (nSPS) is 10.3. The molecule has 5 heteroatoms. The van der Waals surface area contributed by atoms with E-state index in [9.17, 15) is 4.79 Å². The van der Waals surface area contributed by atoms with Crippen LogP contribution < -0.4 is 10.9 Å². The molecule has 84 valence electrons. The van der Waals surface area contributed by atoms with Gasteiger partial charge in [-0.15, -0.1) is 0 Å². The van der Waals surface area contributed by atoms with Gasteiger partial charge in [-0.1, -0.05) is 0 Å². The lowest BCUT2D eigenvalue weighted by atomic mass is 10.4. The van der Waals surface area contributed by atoms with Crippen molar-refractivity contribution in [3.05, 3.63) is 22.7 Å². The Bertz CT molecular complexity index is 351. The molecule has 1 heterocycles. The minimum Gasteiger partial charge on any atom is -0.365 e. The van der Waals surface area contributed by atoms with E-state index in [1.165, 1.54) is 0 Å². The number of rotatable bonds is 6. The predicted octanol–water partition coefficient (Wildman–Crippen LogP) is 1.43. The number of hydrogen-bond donors (Lipinski definition) is 1. The SMILES string of the molecule is CCn1ccnc(NCCCSC)c1=O. The number of aryl methyl sites for hydroxylation is 1. The maximum absolute atomic E-state index is 11.7. The molecule has 0 spiro atoms. The first-order valence-electron chi connectivity index (χ1n) is 5.07. The van der Waals surface area contributed by atoms with Crippen LogP contribution in [0.1, 0.15) is 13.3 Å². The number of anilines is 1. The lowest BCUT2D eigenvalue weighted by Crippen LogP contribution is -2.24. The summed E-state index contributed by atoms with van der Waals surface area (Å²) < 4.78 is 1.64. The van der Waals surface area contributed by atoms with Gasteiger partial charge >= 0.3 is 0 Å². The van der Waals surface area contributed by atoms with Gasteiger partial charge in [-0.3, -0.25) is 4.79 Å². The zero-order valence-electron chi connectivity index (χ0n) is 9.19. The molecule has 0 unspecified atom stereocenters. The van der Waals surface area contributed by atoms with Crippen LogP contribution in [-0.4, -0.2) is 28.1 Å². The molecule has 0 aliphatic rings. The Morgan fingerprint density at radius 1 is 1.60 bits per heavy atom. The van der Waals surface area contributed by atoms with Gasteiger partial charge < -0.3 is 9.88 Å². The highest BCUT2D eigenvalue weighted by Gasteiger charge is 2.01. The fraction of sp³-hybridized carbons (Fsp3) is 0.600. The molecule has 1 aromatic heterocycles. The molecule has 0 atom stereocenters. The molecule has 0 aromatic carbocycles. The summed E-state index contributed by atoms with van der Waals surface area (Å²) in [5.41, 5.74) is -0.0378. The maximum atomic E-state index is 11.7. The zero-order valence-corrected chi connectivity index (χ0v) is 10.0. The van der Waals surface area contributed by atoms with E-state index in [0.29, 0.717) is 12.4 Å². The van der Waals surface area contributed by atoms with Crippen molar-refractivity contribution in [2.45, 2.75) is 19.9 Å². The van der Waals surface area contributed by atoms with Crippen molar-refractivity contribution in [2.24, 2.45) is 0 Å². The molecule has 15 heavy (non-hydrogen) atoms. The number of nitrogens with one attached hydrogen (secondary N) is 1. The Morgan fingerprint density at radius 3 is 3.07 bits per heavy atom. The van der Waals surface area contributed by atoms with Crippen LogP contribution in [-0.2, 0) is 6.54 Å². The first-order valence-corrected chi connectivity index (χ1v) is 6.47. The first kappa shape index (κ1) is 12.1.